The zero-order valence-corrected chi connectivity index (χ0v) is 17.4. The van der Waals surface area contributed by atoms with Crippen LogP contribution in [-0.4, -0.2) is 86.5 Å². The molecule has 7 nitrogen and oxygen atoms in total. The Morgan fingerprint density at radius 2 is 2.11 bits per heavy atom. The van der Waals surface area contributed by atoms with Crippen molar-refractivity contribution in [2.24, 2.45) is 10.9 Å². The van der Waals surface area contributed by atoms with Crippen molar-refractivity contribution in [2.75, 3.05) is 59.9 Å². The molecule has 3 rings (SSSR count). The van der Waals surface area contributed by atoms with Crippen molar-refractivity contribution < 1.29 is 9.21 Å². The van der Waals surface area contributed by atoms with Crippen molar-refractivity contribution >= 4 is 11.9 Å². The minimum Gasteiger partial charge on any atom is -0.469 e. The predicted octanol–water partition coefficient (Wildman–Crippen LogP) is 1.66. The molecule has 0 saturated carbocycles. The summed E-state index contributed by atoms with van der Waals surface area (Å²) in [6.45, 7) is 6.62. The van der Waals surface area contributed by atoms with E-state index >= 15 is 0 Å². The number of furan rings is 1. The zero-order valence-electron chi connectivity index (χ0n) is 17.4. The first kappa shape index (κ1) is 20.7. The van der Waals surface area contributed by atoms with E-state index in [9.17, 15) is 4.79 Å². The van der Waals surface area contributed by atoms with Gasteiger partial charge < -0.3 is 24.4 Å². The van der Waals surface area contributed by atoms with Crippen molar-refractivity contribution in [1.82, 2.24) is 20.0 Å². The molecule has 0 spiro atoms. The third-order valence-electron chi connectivity index (χ3n) is 5.65. The molecule has 1 unspecified atom stereocenters. The van der Waals surface area contributed by atoms with Gasteiger partial charge in [-0.25, -0.2) is 4.99 Å². The van der Waals surface area contributed by atoms with Crippen molar-refractivity contribution in [3.05, 3.63) is 24.2 Å². The van der Waals surface area contributed by atoms with Gasteiger partial charge in [0.05, 0.1) is 6.26 Å². The lowest BCUT2D eigenvalue weighted by Crippen LogP contribution is -2.42. The maximum Gasteiger partial charge on any atom is 0.243 e. The molecular weight excluding hydrogens is 354 g/mol. The van der Waals surface area contributed by atoms with E-state index in [1.807, 2.05) is 12.1 Å². The van der Waals surface area contributed by atoms with Gasteiger partial charge in [0.25, 0.3) is 0 Å². The molecule has 0 radical (unpaired) electrons. The van der Waals surface area contributed by atoms with Crippen LogP contribution in [0.15, 0.2) is 27.8 Å². The van der Waals surface area contributed by atoms with E-state index in [1.54, 1.807) is 25.3 Å². The Morgan fingerprint density at radius 1 is 1.29 bits per heavy atom. The minimum absolute atomic E-state index is 0.0226. The molecular formula is C21H35N5O2. The van der Waals surface area contributed by atoms with Crippen molar-refractivity contribution in [1.29, 1.82) is 0 Å². The summed E-state index contributed by atoms with van der Waals surface area (Å²) in [5.41, 5.74) is 0. The molecule has 0 bridgehead atoms. The lowest BCUT2D eigenvalue weighted by Gasteiger charge is -2.29. The van der Waals surface area contributed by atoms with Crippen LogP contribution >= 0.6 is 0 Å². The number of aliphatic imine (C=N–C) groups is 1. The van der Waals surface area contributed by atoms with Crippen LogP contribution < -0.4 is 5.32 Å². The van der Waals surface area contributed by atoms with Gasteiger partial charge in [0.1, 0.15) is 12.3 Å². The first-order chi connectivity index (χ1) is 13.6. The number of carbonyl (C=O) groups is 1. The number of likely N-dealkylation sites (tertiary alicyclic amines) is 2. The Hall–Kier alpha value is -2.02. The molecule has 1 amide bonds. The number of nitrogens with one attached hydrogen (secondary N) is 1. The summed E-state index contributed by atoms with van der Waals surface area (Å²) >= 11 is 0. The van der Waals surface area contributed by atoms with Crippen molar-refractivity contribution in [2.45, 2.75) is 32.1 Å². The quantitative estimate of drug-likeness (QED) is 0.568. The van der Waals surface area contributed by atoms with Gasteiger partial charge in [0.2, 0.25) is 5.91 Å². The second-order valence-electron chi connectivity index (χ2n) is 8.15. The van der Waals surface area contributed by atoms with Crippen molar-refractivity contribution in [3.8, 4) is 0 Å². The topological polar surface area (TPSA) is 64.3 Å². The van der Waals surface area contributed by atoms with Crippen LogP contribution in [0.5, 0.6) is 0 Å². The Balaban J connectivity index is 1.54. The first-order valence-electron chi connectivity index (χ1n) is 10.6. The molecule has 2 saturated heterocycles. The molecule has 2 aliphatic rings. The van der Waals surface area contributed by atoms with E-state index in [-0.39, 0.29) is 12.5 Å². The fourth-order valence-corrected chi connectivity index (χ4v) is 3.99. The maximum atomic E-state index is 12.0. The molecule has 1 N–H and O–H groups in total. The van der Waals surface area contributed by atoms with Gasteiger partial charge in [-0.05, 0) is 50.4 Å². The van der Waals surface area contributed by atoms with E-state index in [0.717, 1.165) is 37.8 Å². The van der Waals surface area contributed by atoms with E-state index in [2.05, 4.69) is 20.1 Å². The molecule has 0 aliphatic carbocycles. The summed E-state index contributed by atoms with van der Waals surface area (Å²) in [6, 6.07) is 3.89. The third-order valence-corrected chi connectivity index (χ3v) is 5.65. The summed E-state index contributed by atoms with van der Waals surface area (Å²) in [5.74, 6) is 2.51. The number of piperidine rings is 1. The Kier molecular flexibility index (Phi) is 7.77. The molecule has 28 heavy (non-hydrogen) atoms. The molecule has 2 fully saturated rings. The second kappa shape index (κ2) is 10.5. The molecule has 156 valence electrons. The normalized spacial score (nSPS) is 21.1. The highest BCUT2D eigenvalue weighted by atomic mass is 16.3. The van der Waals surface area contributed by atoms with Gasteiger partial charge >= 0.3 is 0 Å². The van der Waals surface area contributed by atoms with Crippen LogP contribution in [0.25, 0.3) is 0 Å². The minimum atomic E-state index is 0.0226. The van der Waals surface area contributed by atoms with Gasteiger partial charge in [-0.1, -0.05) is 6.42 Å². The fraction of sp³-hybridized carbons (Fsp3) is 0.714. The van der Waals surface area contributed by atoms with Gasteiger partial charge in [-0.3, -0.25) is 4.79 Å². The molecule has 1 aromatic heterocycles. The average molecular weight is 390 g/mol. The summed E-state index contributed by atoms with van der Waals surface area (Å²) in [5, 5.41) is 3.45. The highest BCUT2D eigenvalue weighted by molar-refractivity contribution is 5.85. The second-order valence-corrected chi connectivity index (χ2v) is 8.15. The van der Waals surface area contributed by atoms with Crippen LogP contribution in [0, 0.1) is 5.92 Å². The van der Waals surface area contributed by atoms with Crippen LogP contribution in [0.3, 0.4) is 0 Å². The van der Waals surface area contributed by atoms with Gasteiger partial charge in [0, 0.05) is 46.7 Å². The van der Waals surface area contributed by atoms with E-state index < -0.39 is 0 Å². The highest BCUT2D eigenvalue weighted by Crippen LogP contribution is 2.20. The van der Waals surface area contributed by atoms with E-state index in [0.29, 0.717) is 5.92 Å². The predicted molar refractivity (Wildman–Crippen MR) is 111 cm³/mol. The number of carbonyl (C=O) groups excluding carboxylic acids is 1. The van der Waals surface area contributed by atoms with Crippen LogP contribution in [0.1, 0.15) is 31.4 Å². The number of amides is 1. The smallest absolute Gasteiger partial charge is 0.243 e. The fourth-order valence-electron chi connectivity index (χ4n) is 3.99. The molecule has 3 heterocycles. The van der Waals surface area contributed by atoms with Crippen LogP contribution in [0.4, 0.5) is 0 Å². The Labute approximate surface area is 168 Å². The number of hydrogen-bond donors (Lipinski definition) is 1. The monoisotopic (exact) mass is 389 g/mol. The summed E-state index contributed by atoms with van der Waals surface area (Å²) in [7, 11) is 3.54. The number of hydrogen-bond acceptors (Lipinski definition) is 4. The number of guanidine groups is 1. The van der Waals surface area contributed by atoms with Gasteiger partial charge in [0.15, 0.2) is 5.96 Å². The number of nitrogens with zero attached hydrogens (tertiary/aromatic N) is 4. The third kappa shape index (κ3) is 6.26. The van der Waals surface area contributed by atoms with Crippen LogP contribution in [-0.2, 0) is 11.2 Å². The van der Waals surface area contributed by atoms with E-state index in [4.69, 9.17) is 4.42 Å². The first-order valence-corrected chi connectivity index (χ1v) is 10.6. The largest absolute Gasteiger partial charge is 0.469 e. The lowest BCUT2D eigenvalue weighted by molar-refractivity contribution is -0.127. The SMILES string of the molecule is CN(C)C(=O)CN=C(NCCc1ccco1)N1CCC(CN2CCCCC2)C1. The van der Waals surface area contributed by atoms with Crippen molar-refractivity contribution in [3.63, 3.8) is 0 Å². The van der Waals surface area contributed by atoms with Crippen LogP contribution in [0.2, 0.25) is 0 Å². The molecule has 2 aliphatic heterocycles. The van der Waals surface area contributed by atoms with E-state index in [1.165, 1.54) is 45.3 Å². The molecule has 7 heteroatoms. The molecule has 1 aromatic rings. The number of rotatable bonds is 7. The lowest BCUT2D eigenvalue weighted by atomic mass is 10.1. The summed E-state index contributed by atoms with van der Waals surface area (Å²) < 4.78 is 5.41. The van der Waals surface area contributed by atoms with Gasteiger partial charge in [-0.2, -0.15) is 0 Å². The average Bonchev–Trinajstić information content (AvgIpc) is 3.37. The molecule has 0 aromatic carbocycles. The Morgan fingerprint density at radius 3 is 2.82 bits per heavy atom. The van der Waals surface area contributed by atoms with Gasteiger partial charge in [-0.15, -0.1) is 0 Å². The highest BCUT2D eigenvalue weighted by Gasteiger charge is 2.27. The summed E-state index contributed by atoms with van der Waals surface area (Å²) in [6.07, 6.45) is 7.75. The molecule has 1 atom stereocenters. The summed E-state index contributed by atoms with van der Waals surface area (Å²) in [4.78, 5) is 23.2. The Bertz CT molecular complexity index is 623. The standard InChI is InChI=1S/C21H35N5O2/c1-24(2)20(27)15-23-21(22-10-8-19-7-6-14-28-19)26-13-9-18(17-26)16-25-11-4-3-5-12-25/h6-7,14,18H,3-5,8-13,15-17H2,1-2H3,(H,22,23). The number of likely N-dealkylation sites (N-methyl/N-ethyl adjacent to an activating group) is 1. The zero-order chi connectivity index (χ0) is 19.8. The maximum absolute atomic E-state index is 12.0.